The molecule has 2 amide bonds. The maximum absolute atomic E-state index is 12.6. The van der Waals surface area contributed by atoms with Gasteiger partial charge in [0, 0.05) is 24.3 Å². The van der Waals surface area contributed by atoms with Gasteiger partial charge in [0.15, 0.2) is 5.84 Å². The molecule has 0 saturated heterocycles. The summed E-state index contributed by atoms with van der Waals surface area (Å²) < 4.78 is 0. The highest BCUT2D eigenvalue weighted by Crippen LogP contribution is 2.12. The topological polar surface area (TPSA) is 90.9 Å². The Labute approximate surface area is 147 Å². The van der Waals surface area contributed by atoms with Gasteiger partial charge in [0.2, 0.25) is 0 Å². The number of anilines is 1. The number of unbranched alkanes of at least 4 members (excludes halogenated alkanes) is 1. The van der Waals surface area contributed by atoms with Gasteiger partial charge in [-0.05, 0) is 24.1 Å². The number of hydrogen-bond donors (Lipinski definition) is 3. The minimum absolute atomic E-state index is 0.0659. The van der Waals surface area contributed by atoms with Gasteiger partial charge in [-0.2, -0.15) is 0 Å². The molecule has 25 heavy (non-hydrogen) atoms. The number of amides is 2. The Hall–Kier alpha value is -3.02. The van der Waals surface area contributed by atoms with E-state index in [9.17, 15) is 4.79 Å². The molecule has 0 aromatic heterocycles. The Kier molecular flexibility index (Phi) is 6.83. The summed E-state index contributed by atoms with van der Waals surface area (Å²) in [7, 11) is 0. The molecule has 0 atom stereocenters. The third-order valence-corrected chi connectivity index (χ3v) is 3.82. The van der Waals surface area contributed by atoms with Crippen LogP contribution < -0.4 is 11.1 Å². The summed E-state index contributed by atoms with van der Waals surface area (Å²) >= 11 is 0. The Morgan fingerprint density at radius 3 is 2.44 bits per heavy atom. The molecule has 0 aliphatic heterocycles. The monoisotopic (exact) mass is 340 g/mol. The van der Waals surface area contributed by atoms with Crippen molar-refractivity contribution in [3.05, 3.63) is 65.7 Å². The number of nitrogens with zero attached hydrogens (tertiary/aromatic N) is 2. The lowest BCUT2D eigenvalue weighted by molar-refractivity contribution is 0.208. The quantitative estimate of drug-likeness (QED) is 0.311. The van der Waals surface area contributed by atoms with E-state index < -0.39 is 0 Å². The van der Waals surface area contributed by atoms with Gasteiger partial charge >= 0.3 is 6.03 Å². The largest absolute Gasteiger partial charge is 0.409 e. The normalized spacial score (nSPS) is 11.2. The van der Waals surface area contributed by atoms with Crippen molar-refractivity contribution in [1.29, 1.82) is 0 Å². The Morgan fingerprint density at radius 2 is 1.84 bits per heavy atom. The molecule has 2 rings (SSSR count). The minimum atomic E-state index is -0.125. The number of carbonyl (C=O) groups excluding carboxylic acids is 1. The van der Waals surface area contributed by atoms with Gasteiger partial charge < -0.3 is 21.2 Å². The summed E-state index contributed by atoms with van der Waals surface area (Å²) in [5, 5.41) is 14.6. The number of hydrogen-bond acceptors (Lipinski definition) is 3. The third-order valence-electron chi connectivity index (χ3n) is 3.82. The van der Waals surface area contributed by atoms with Crippen molar-refractivity contribution in [3.63, 3.8) is 0 Å². The molecule has 6 nitrogen and oxygen atoms in total. The smallest absolute Gasteiger partial charge is 0.322 e. The minimum Gasteiger partial charge on any atom is -0.409 e. The van der Waals surface area contributed by atoms with E-state index >= 15 is 0 Å². The molecule has 0 heterocycles. The van der Waals surface area contributed by atoms with Crippen molar-refractivity contribution >= 4 is 17.6 Å². The molecule has 6 heteroatoms. The van der Waals surface area contributed by atoms with Gasteiger partial charge in [-0.15, -0.1) is 0 Å². The fourth-order valence-electron chi connectivity index (χ4n) is 2.38. The van der Waals surface area contributed by atoms with Crippen LogP contribution in [-0.4, -0.2) is 28.5 Å². The highest BCUT2D eigenvalue weighted by molar-refractivity contribution is 5.97. The zero-order chi connectivity index (χ0) is 18.1. The molecule has 0 radical (unpaired) electrons. The van der Waals surface area contributed by atoms with E-state index in [4.69, 9.17) is 10.9 Å². The first-order valence-corrected chi connectivity index (χ1v) is 8.32. The number of nitrogens with two attached hydrogens (primary N) is 1. The number of rotatable bonds is 7. The molecule has 0 spiro atoms. The second-order valence-corrected chi connectivity index (χ2v) is 5.75. The van der Waals surface area contributed by atoms with Crippen molar-refractivity contribution < 1.29 is 10.0 Å². The van der Waals surface area contributed by atoms with Crippen LogP contribution in [0.25, 0.3) is 0 Å². The molecule has 0 aliphatic rings. The first-order chi connectivity index (χ1) is 12.1. The average Bonchev–Trinajstić information content (AvgIpc) is 2.65. The zero-order valence-electron chi connectivity index (χ0n) is 14.4. The SMILES string of the molecule is CCCCN(Cc1ccc(/C(N)=N/O)cc1)C(=O)Nc1ccccc1. The van der Waals surface area contributed by atoms with Crippen LogP contribution in [-0.2, 0) is 6.54 Å². The van der Waals surface area contributed by atoms with Crippen LogP contribution in [0.3, 0.4) is 0 Å². The van der Waals surface area contributed by atoms with Gasteiger partial charge in [-0.25, -0.2) is 4.79 Å². The van der Waals surface area contributed by atoms with Gasteiger partial charge in [0.25, 0.3) is 0 Å². The molecule has 132 valence electrons. The number of carbonyl (C=O) groups is 1. The van der Waals surface area contributed by atoms with Crippen LogP contribution in [0.2, 0.25) is 0 Å². The predicted octanol–water partition coefficient (Wildman–Crippen LogP) is 3.62. The molecule has 2 aromatic rings. The second-order valence-electron chi connectivity index (χ2n) is 5.75. The highest BCUT2D eigenvalue weighted by Gasteiger charge is 2.14. The van der Waals surface area contributed by atoms with Crippen molar-refractivity contribution in [1.82, 2.24) is 4.90 Å². The van der Waals surface area contributed by atoms with Crippen LogP contribution in [0.5, 0.6) is 0 Å². The van der Waals surface area contributed by atoms with Crippen LogP contribution in [0.1, 0.15) is 30.9 Å². The van der Waals surface area contributed by atoms with E-state index in [0.29, 0.717) is 18.7 Å². The lowest BCUT2D eigenvalue weighted by Crippen LogP contribution is -2.35. The van der Waals surface area contributed by atoms with Crippen molar-refractivity contribution in [2.45, 2.75) is 26.3 Å². The lowest BCUT2D eigenvalue weighted by atomic mass is 10.1. The molecule has 0 unspecified atom stereocenters. The standard InChI is InChI=1S/C19H24N4O2/c1-2-3-13-23(19(24)21-17-7-5-4-6-8-17)14-15-9-11-16(12-10-15)18(20)22-25/h4-12,25H,2-3,13-14H2,1H3,(H2,20,22)(H,21,24). The van der Waals surface area contributed by atoms with E-state index in [1.54, 1.807) is 17.0 Å². The number of urea groups is 1. The van der Waals surface area contributed by atoms with Crippen LogP contribution in [0.4, 0.5) is 10.5 Å². The Bertz CT molecular complexity index is 699. The highest BCUT2D eigenvalue weighted by atomic mass is 16.4. The summed E-state index contributed by atoms with van der Waals surface area (Å²) in [5.41, 5.74) is 7.96. The predicted molar refractivity (Wildman–Crippen MR) is 99.7 cm³/mol. The molecule has 0 aliphatic carbocycles. The van der Waals surface area contributed by atoms with E-state index in [1.807, 2.05) is 42.5 Å². The molecule has 4 N–H and O–H groups in total. The van der Waals surface area contributed by atoms with E-state index in [1.165, 1.54) is 0 Å². The summed E-state index contributed by atoms with van der Waals surface area (Å²) in [4.78, 5) is 14.4. The average molecular weight is 340 g/mol. The van der Waals surface area contributed by atoms with Crippen LogP contribution in [0, 0.1) is 0 Å². The molecule has 0 bridgehead atoms. The van der Waals surface area contributed by atoms with Crippen molar-refractivity contribution in [2.75, 3.05) is 11.9 Å². The number of amidine groups is 1. The zero-order valence-corrected chi connectivity index (χ0v) is 14.4. The van der Waals surface area contributed by atoms with Crippen molar-refractivity contribution in [2.24, 2.45) is 10.9 Å². The first kappa shape index (κ1) is 18.3. The van der Waals surface area contributed by atoms with Crippen LogP contribution >= 0.6 is 0 Å². The number of benzene rings is 2. The molecule has 0 fully saturated rings. The van der Waals surface area contributed by atoms with Gasteiger partial charge in [-0.3, -0.25) is 0 Å². The summed E-state index contributed by atoms with van der Waals surface area (Å²) in [6.45, 7) is 3.27. The van der Waals surface area contributed by atoms with E-state index in [-0.39, 0.29) is 11.9 Å². The van der Waals surface area contributed by atoms with Gasteiger partial charge in [-0.1, -0.05) is 61.0 Å². The maximum Gasteiger partial charge on any atom is 0.322 e. The number of oxime groups is 1. The summed E-state index contributed by atoms with van der Waals surface area (Å²) in [6.07, 6.45) is 1.95. The first-order valence-electron chi connectivity index (χ1n) is 8.32. The fourth-order valence-corrected chi connectivity index (χ4v) is 2.38. The summed E-state index contributed by atoms with van der Waals surface area (Å²) in [6, 6.07) is 16.6. The Balaban J connectivity index is 2.07. The molecular formula is C19H24N4O2. The van der Waals surface area contributed by atoms with Gasteiger partial charge in [0.05, 0.1) is 0 Å². The molecular weight excluding hydrogens is 316 g/mol. The third kappa shape index (κ3) is 5.53. The van der Waals surface area contributed by atoms with Gasteiger partial charge in [0.1, 0.15) is 0 Å². The molecule has 2 aromatic carbocycles. The lowest BCUT2D eigenvalue weighted by Gasteiger charge is -2.23. The van der Waals surface area contributed by atoms with Crippen LogP contribution in [0.15, 0.2) is 59.8 Å². The summed E-state index contributed by atoms with van der Waals surface area (Å²) in [5.74, 6) is 0.0659. The van der Waals surface area contributed by atoms with E-state index in [2.05, 4.69) is 17.4 Å². The van der Waals surface area contributed by atoms with Crippen molar-refractivity contribution in [3.8, 4) is 0 Å². The van der Waals surface area contributed by atoms with E-state index in [0.717, 1.165) is 24.1 Å². The number of para-hydroxylation sites is 1. The Morgan fingerprint density at radius 1 is 1.16 bits per heavy atom. The maximum atomic E-state index is 12.6. The second kappa shape index (κ2) is 9.32. The fraction of sp³-hybridized carbons (Fsp3) is 0.263. The number of nitrogens with one attached hydrogen (secondary N) is 1. The molecule has 0 saturated carbocycles.